The SMILES string of the molecule is CCNC(Cc1ccccc1)Cc1ccc(I)cc1. The summed E-state index contributed by atoms with van der Waals surface area (Å²) < 4.78 is 1.30. The summed E-state index contributed by atoms with van der Waals surface area (Å²) in [5, 5.41) is 3.59. The van der Waals surface area contributed by atoms with Crippen LogP contribution in [0.1, 0.15) is 18.1 Å². The van der Waals surface area contributed by atoms with Gasteiger partial charge in [-0.15, -0.1) is 0 Å². The molecule has 0 heterocycles. The van der Waals surface area contributed by atoms with Gasteiger partial charge in [-0.2, -0.15) is 0 Å². The molecule has 0 saturated carbocycles. The third-order valence-electron chi connectivity index (χ3n) is 3.21. The van der Waals surface area contributed by atoms with E-state index in [0.717, 1.165) is 19.4 Å². The predicted molar refractivity (Wildman–Crippen MR) is 90.5 cm³/mol. The number of likely N-dealkylation sites (N-methyl/N-ethyl adjacent to an activating group) is 1. The van der Waals surface area contributed by atoms with Crippen molar-refractivity contribution in [2.75, 3.05) is 6.54 Å². The first kappa shape index (κ1) is 14.5. The van der Waals surface area contributed by atoms with Crippen molar-refractivity contribution in [3.8, 4) is 0 Å². The van der Waals surface area contributed by atoms with E-state index in [-0.39, 0.29) is 0 Å². The Morgan fingerprint density at radius 1 is 0.895 bits per heavy atom. The summed E-state index contributed by atoms with van der Waals surface area (Å²) >= 11 is 2.35. The molecule has 0 spiro atoms. The molecule has 1 atom stereocenters. The number of halogens is 1. The molecule has 0 radical (unpaired) electrons. The van der Waals surface area contributed by atoms with E-state index in [1.807, 2.05) is 0 Å². The van der Waals surface area contributed by atoms with Gasteiger partial charge in [0.05, 0.1) is 0 Å². The van der Waals surface area contributed by atoms with E-state index in [1.165, 1.54) is 14.7 Å². The smallest absolute Gasteiger partial charge is 0.0148 e. The zero-order valence-electron chi connectivity index (χ0n) is 11.3. The molecule has 1 N–H and O–H groups in total. The summed E-state index contributed by atoms with van der Waals surface area (Å²) in [6.07, 6.45) is 2.17. The van der Waals surface area contributed by atoms with Crippen molar-refractivity contribution >= 4 is 22.6 Å². The molecule has 0 aliphatic rings. The van der Waals surface area contributed by atoms with Crippen molar-refractivity contribution in [1.29, 1.82) is 0 Å². The first-order chi connectivity index (χ1) is 9.28. The zero-order valence-corrected chi connectivity index (χ0v) is 13.4. The quantitative estimate of drug-likeness (QED) is 0.762. The van der Waals surface area contributed by atoms with Crippen molar-refractivity contribution in [3.05, 3.63) is 69.3 Å². The lowest BCUT2D eigenvalue weighted by Gasteiger charge is -2.18. The molecule has 2 aromatic carbocycles. The molecule has 0 aliphatic heterocycles. The van der Waals surface area contributed by atoms with Crippen LogP contribution < -0.4 is 5.32 Å². The predicted octanol–water partition coefficient (Wildman–Crippen LogP) is 4.05. The lowest BCUT2D eigenvalue weighted by Crippen LogP contribution is -2.33. The normalized spacial score (nSPS) is 12.3. The monoisotopic (exact) mass is 365 g/mol. The second-order valence-corrected chi connectivity index (χ2v) is 6.02. The molecule has 0 aromatic heterocycles. The standard InChI is InChI=1S/C17H20IN/c1-2-19-17(12-14-6-4-3-5-7-14)13-15-8-10-16(18)11-9-15/h3-11,17,19H,2,12-13H2,1H3. The highest BCUT2D eigenvalue weighted by atomic mass is 127. The summed E-state index contributed by atoms with van der Waals surface area (Å²) in [5.74, 6) is 0. The Bertz CT molecular complexity index is 478. The van der Waals surface area contributed by atoms with Gasteiger partial charge in [0.1, 0.15) is 0 Å². The molecule has 0 saturated heterocycles. The van der Waals surface area contributed by atoms with Gasteiger partial charge in [0.25, 0.3) is 0 Å². The topological polar surface area (TPSA) is 12.0 Å². The Kier molecular flexibility index (Phi) is 5.86. The third-order valence-corrected chi connectivity index (χ3v) is 3.93. The van der Waals surface area contributed by atoms with Crippen molar-refractivity contribution in [2.24, 2.45) is 0 Å². The lowest BCUT2D eigenvalue weighted by molar-refractivity contribution is 0.521. The van der Waals surface area contributed by atoms with Crippen LogP contribution in [0, 0.1) is 3.57 Å². The van der Waals surface area contributed by atoms with Crippen LogP contribution >= 0.6 is 22.6 Å². The highest BCUT2D eigenvalue weighted by Crippen LogP contribution is 2.11. The largest absolute Gasteiger partial charge is 0.314 e. The van der Waals surface area contributed by atoms with Crippen LogP contribution in [-0.4, -0.2) is 12.6 Å². The Balaban J connectivity index is 2.01. The first-order valence-corrected chi connectivity index (χ1v) is 7.87. The van der Waals surface area contributed by atoms with Gasteiger partial charge in [-0.05, 0) is 65.2 Å². The number of rotatable bonds is 6. The number of nitrogens with one attached hydrogen (secondary N) is 1. The van der Waals surface area contributed by atoms with Gasteiger partial charge in [0, 0.05) is 9.61 Å². The highest BCUT2D eigenvalue weighted by molar-refractivity contribution is 14.1. The maximum atomic E-state index is 3.59. The molecule has 2 aromatic rings. The molecule has 0 aliphatic carbocycles. The van der Waals surface area contributed by atoms with E-state index in [9.17, 15) is 0 Å². The van der Waals surface area contributed by atoms with Crippen molar-refractivity contribution in [2.45, 2.75) is 25.8 Å². The highest BCUT2D eigenvalue weighted by Gasteiger charge is 2.09. The Morgan fingerprint density at radius 2 is 1.47 bits per heavy atom. The molecule has 100 valence electrons. The molecule has 1 nitrogen and oxygen atoms in total. The van der Waals surface area contributed by atoms with Gasteiger partial charge in [-0.3, -0.25) is 0 Å². The van der Waals surface area contributed by atoms with Crippen LogP contribution in [0.25, 0.3) is 0 Å². The minimum Gasteiger partial charge on any atom is -0.314 e. The van der Waals surface area contributed by atoms with E-state index in [0.29, 0.717) is 6.04 Å². The Hall–Kier alpha value is -0.870. The van der Waals surface area contributed by atoms with E-state index in [2.05, 4.69) is 89.4 Å². The van der Waals surface area contributed by atoms with Crippen LogP contribution in [0.3, 0.4) is 0 Å². The molecule has 1 unspecified atom stereocenters. The molecule has 2 rings (SSSR count). The molecular weight excluding hydrogens is 345 g/mol. The summed E-state index contributed by atoms with van der Waals surface area (Å²) in [4.78, 5) is 0. The van der Waals surface area contributed by atoms with Gasteiger partial charge >= 0.3 is 0 Å². The Labute approximate surface area is 129 Å². The van der Waals surface area contributed by atoms with Crippen molar-refractivity contribution in [3.63, 3.8) is 0 Å². The minimum atomic E-state index is 0.507. The van der Waals surface area contributed by atoms with E-state index < -0.39 is 0 Å². The average Bonchev–Trinajstić information content (AvgIpc) is 2.43. The second-order valence-electron chi connectivity index (χ2n) is 4.77. The number of benzene rings is 2. The van der Waals surface area contributed by atoms with Gasteiger partial charge in [0.2, 0.25) is 0 Å². The lowest BCUT2D eigenvalue weighted by atomic mass is 9.99. The summed E-state index contributed by atoms with van der Waals surface area (Å²) in [7, 11) is 0. The molecule has 0 amide bonds. The molecule has 2 heteroatoms. The van der Waals surface area contributed by atoms with Crippen molar-refractivity contribution < 1.29 is 0 Å². The van der Waals surface area contributed by atoms with Crippen LogP contribution in [-0.2, 0) is 12.8 Å². The van der Waals surface area contributed by atoms with Crippen molar-refractivity contribution in [1.82, 2.24) is 5.32 Å². The Morgan fingerprint density at radius 3 is 2.05 bits per heavy atom. The van der Waals surface area contributed by atoms with Gasteiger partial charge in [0.15, 0.2) is 0 Å². The summed E-state index contributed by atoms with van der Waals surface area (Å²) in [6, 6.07) is 20.1. The van der Waals surface area contributed by atoms with E-state index in [4.69, 9.17) is 0 Å². The maximum Gasteiger partial charge on any atom is 0.0148 e. The van der Waals surface area contributed by atoms with Crippen LogP contribution in [0.2, 0.25) is 0 Å². The third kappa shape index (κ3) is 4.96. The van der Waals surface area contributed by atoms with Crippen LogP contribution in [0.5, 0.6) is 0 Å². The molecular formula is C17H20IN. The zero-order chi connectivity index (χ0) is 13.5. The summed E-state index contributed by atoms with van der Waals surface area (Å²) in [5.41, 5.74) is 2.81. The fraction of sp³-hybridized carbons (Fsp3) is 0.294. The number of hydrogen-bond donors (Lipinski definition) is 1. The fourth-order valence-corrected chi connectivity index (χ4v) is 2.67. The van der Waals surface area contributed by atoms with Gasteiger partial charge in [-0.1, -0.05) is 49.4 Å². The fourth-order valence-electron chi connectivity index (χ4n) is 2.31. The molecule has 0 fully saturated rings. The van der Waals surface area contributed by atoms with Gasteiger partial charge < -0.3 is 5.32 Å². The van der Waals surface area contributed by atoms with Gasteiger partial charge in [-0.25, -0.2) is 0 Å². The first-order valence-electron chi connectivity index (χ1n) is 6.79. The molecule has 19 heavy (non-hydrogen) atoms. The van der Waals surface area contributed by atoms with E-state index in [1.54, 1.807) is 0 Å². The molecule has 0 bridgehead atoms. The second kappa shape index (κ2) is 7.65. The minimum absolute atomic E-state index is 0.507. The summed E-state index contributed by atoms with van der Waals surface area (Å²) in [6.45, 7) is 3.19. The van der Waals surface area contributed by atoms with E-state index >= 15 is 0 Å². The maximum absolute atomic E-state index is 3.59. The van der Waals surface area contributed by atoms with Crippen LogP contribution in [0.4, 0.5) is 0 Å². The average molecular weight is 365 g/mol. The number of hydrogen-bond acceptors (Lipinski definition) is 1. The van der Waals surface area contributed by atoms with Crippen LogP contribution in [0.15, 0.2) is 54.6 Å².